The molecule has 0 saturated heterocycles. The van der Waals surface area contributed by atoms with Gasteiger partial charge in [0.15, 0.2) is 0 Å². The van der Waals surface area contributed by atoms with Crippen LogP contribution in [0.3, 0.4) is 0 Å². The second kappa shape index (κ2) is 13.2. The van der Waals surface area contributed by atoms with Crippen molar-refractivity contribution in [1.82, 2.24) is 0 Å². The molecule has 0 bridgehead atoms. The van der Waals surface area contributed by atoms with E-state index in [1.54, 1.807) is 7.11 Å². The monoisotopic (exact) mass is 414 g/mol. The van der Waals surface area contributed by atoms with E-state index in [9.17, 15) is 8.42 Å². The van der Waals surface area contributed by atoms with Gasteiger partial charge in [-0.25, -0.2) is 0 Å². The van der Waals surface area contributed by atoms with Crippen LogP contribution in [0, 0.1) is 0 Å². The first kappa shape index (κ1) is 24.9. The molecule has 162 valence electrons. The Morgan fingerprint density at radius 2 is 1.32 bits per heavy atom. The summed E-state index contributed by atoms with van der Waals surface area (Å²) in [5, 5.41) is 0. The molecular formula is C22H40NO4S+. The van der Waals surface area contributed by atoms with Crippen molar-refractivity contribution in [2.75, 3.05) is 40.0 Å². The Morgan fingerprint density at radius 1 is 0.821 bits per heavy atom. The van der Waals surface area contributed by atoms with Crippen molar-refractivity contribution in [3.8, 4) is 5.75 Å². The number of rotatable bonds is 16. The number of ether oxygens (including phenoxy) is 1. The largest absolute Gasteiger partial charge is 0.497 e. The molecule has 0 radical (unpaired) electrons. The molecule has 0 saturated carbocycles. The predicted octanol–water partition coefficient (Wildman–Crippen LogP) is 4.71. The molecule has 0 unspecified atom stereocenters. The van der Waals surface area contributed by atoms with Crippen LogP contribution < -0.4 is 4.74 Å². The molecule has 1 aromatic carbocycles. The first-order valence-corrected chi connectivity index (χ1v) is 12.2. The lowest BCUT2D eigenvalue weighted by Gasteiger charge is -2.29. The number of unbranched alkanes of at least 4 members (excludes halogenated alkanes) is 7. The lowest BCUT2D eigenvalue weighted by molar-refractivity contribution is -0.890. The van der Waals surface area contributed by atoms with Crippen LogP contribution in [0.1, 0.15) is 63.4 Å². The van der Waals surface area contributed by atoms with Crippen molar-refractivity contribution in [2.45, 2.75) is 64.2 Å². The minimum atomic E-state index is -3.81. The molecule has 1 N–H and O–H groups in total. The van der Waals surface area contributed by atoms with Gasteiger partial charge in [-0.3, -0.25) is 4.55 Å². The van der Waals surface area contributed by atoms with Crippen molar-refractivity contribution in [1.29, 1.82) is 0 Å². The summed E-state index contributed by atoms with van der Waals surface area (Å²) in [6, 6.07) is 8.37. The average Bonchev–Trinajstić information content (AvgIpc) is 2.63. The van der Waals surface area contributed by atoms with Gasteiger partial charge in [0, 0.05) is 0 Å². The van der Waals surface area contributed by atoms with E-state index in [0.29, 0.717) is 6.42 Å². The zero-order valence-electron chi connectivity index (χ0n) is 18.0. The summed E-state index contributed by atoms with van der Waals surface area (Å²) in [7, 11) is 2.29. The van der Waals surface area contributed by atoms with Gasteiger partial charge in [0.2, 0.25) is 0 Å². The van der Waals surface area contributed by atoms with Gasteiger partial charge in [0.05, 0.1) is 40.0 Å². The summed E-state index contributed by atoms with van der Waals surface area (Å²) in [4.78, 5) is 0. The van der Waals surface area contributed by atoms with Crippen LogP contribution in [0.5, 0.6) is 5.75 Å². The Hall–Kier alpha value is -1.11. The Kier molecular flexibility index (Phi) is 11.7. The summed E-state index contributed by atoms with van der Waals surface area (Å²) in [5.74, 6) is 0.800. The SMILES string of the molecule is COc1ccc(CCCCCCCCC[N+](C)(C)CCCCS(=O)(=O)O)cc1. The molecule has 0 aliphatic rings. The number of hydrogen-bond acceptors (Lipinski definition) is 3. The van der Waals surface area contributed by atoms with Gasteiger partial charge in [-0.05, 0) is 56.2 Å². The van der Waals surface area contributed by atoms with Crippen LogP contribution in [-0.2, 0) is 16.5 Å². The highest BCUT2D eigenvalue weighted by molar-refractivity contribution is 7.85. The lowest BCUT2D eigenvalue weighted by atomic mass is 10.0. The van der Waals surface area contributed by atoms with Crippen LogP contribution in [0.4, 0.5) is 0 Å². The quantitative estimate of drug-likeness (QED) is 0.242. The van der Waals surface area contributed by atoms with E-state index in [1.165, 1.54) is 50.5 Å². The fourth-order valence-corrected chi connectivity index (χ4v) is 4.05. The van der Waals surface area contributed by atoms with E-state index >= 15 is 0 Å². The second-order valence-electron chi connectivity index (χ2n) is 8.45. The fourth-order valence-electron chi connectivity index (χ4n) is 3.48. The zero-order chi connectivity index (χ0) is 20.9. The number of benzene rings is 1. The van der Waals surface area contributed by atoms with Crippen molar-refractivity contribution in [3.63, 3.8) is 0 Å². The molecule has 0 atom stereocenters. The number of methoxy groups -OCH3 is 1. The maximum atomic E-state index is 10.7. The molecule has 5 nitrogen and oxygen atoms in total. The first-order chi connectivity index (χ1) is 13.2. The van der Waals surface area contributed by atoms with E-state index in [0.717, 1.165) is 36.2 Å². The van der Waals surface area contributed by atoms with Crippen molar-refractivity contribution in [3.05, 3.63) is 29.8 Å². The van der Waals surface area contributed by atoms with Gasteiger partial charge in [-0.1, -0.05) is 37.8 Å². The molecule has 6 heteroatoms. The zero-order valence-corrected chi connectivity index (χ0v) is 18.8. The molecule has 0 fully saturated rings. The lowest BCUT2D eigenvalue weighted by Crippen LogP contribution is -2.41. The molecule has 1 rings (SSSR count). The standard InChI is InChI=1S/C22H39NO4S/c1-23(2,19-11-12-20-28(24,25)26)18-10-8-6-4-5-7-9-13-21-14-16-22(27-3)17-15-21/h14-17H,4-13,18-20H2,1-3H3/p+1. The van der Waals surface area contributed by atoms with Crippen LogP contribution in [0.25, 0.3) is 0 Å². The van der Waals surface area contributed by atoms with Gasteiger partial charge < -0.3 is 9.22 Å². The summed E-state index contributed by atoms with van der Waals surface area (Å²) in [6.07, 6.45) is 11.5. The van der Waals surface area contributed by atoms with Gasteiger partial charge >= 0.3 is 0 Å². The minimum Gasteiger partial charge on any atom is -0.497 e. The predicted molar refractivity (Wildman–Crippen MR) is 117 cm³/mol. The number of hydrogen-bond donors (Lipinski definition) is 1. The van der Waals surface area contributed by atoms with Crippen molar-refractivity contribution >= 4 is 10.1 Å². The highest BCUT2D eigenvalue weighted by atomic mass is 32.2. The summed E-state index contributed by atoms with van der Waals surface area (Å²) in [5.41, 5.74) is 1.39. The summed E-state index contributed by atoms with van der Waals surface area (Å²) >= 11 is 0. The van der Waals surface area contributed by atoms with Gasteiger partial charge in [0.25, 0.3) is 10.1 Å². The molecular weight excluding hydrogens is 374 g/mol. The minimum absolute atomic E-state index is 0.120. The topological polar surface area (TPSA) is 63.6 Å². The molecule has 1 aromatic rings. The average molecular weight is 415 g/mol. The fraction of sp³-hybridized carbons (Fsp3) is 0.727. The van der Waals surface area contributed by atoms with E-state index in [2.05, 4.69) is 26.2 Å². The number of quaternary nitrogens is 1. The Labute approximate surface area is 172 Å². The van der Waals surface area contributed by atoms with Crippen LogP contribution in [0.15, 0.2) is 24.3 Å². The van der Waals surface area contributed by atoms with Crippen molar-refractivity contribution < 1.29 is 22.2 Å². The molecule has 0 spiro atoms. The van der Waals surface area contributed by atoms with E-state index < -0.39 is 10.1 Å². The Balaban J connectivity index is 1.97. The van der Waals surface area contributed by atoms with Crippen molar-refractivity contribution in [2.24, 2.45) is 0 Å². The van der Waals surface area contributed by atoms with Gasteiger partial charge in [-0.15, -0.1) is 0 Å². The molecule has 28 heavy (non-hydrogen) atoms. The maximum absolute atomic E-state index is 10.7. The molecule has 0 aliphatic heterocycles. The van der Waals surface area contributed by atoms with Crippen LogP contribution in [0.2, 0.25) is 0 Å². The van der Waals surface area contributed by atoms with E-state index in [-0.39, 0.29) is 5.75 Å². The summed E-state index contributed by atoms with van der Waals surface area (Å²) < 4.78 is 36.3. The van der Waals surface area contributed by atoms with Crippen LogP contribution >= 0.6 is 0 Å². The molecule has 0 heterocycles. The van der Waals surface area contributed by atoms with E-state index in [1.807, 2.05) is 12.1 Å². The number of nitrogens with zero attached hydrogens (tertiary/aromatic N) is 1. The third-order valence-electron chi connectivity index (χ3n) is 5.30. The highest BCUT2D eigenvalue weighted by Gasteiger charge is 2.14. The maximum Gasteiger partial charge on any atom is 0.264 e. The first-order valence-electron chi connectivity index (χ1n) is 10.6. The van der Waals surface area contributed by atoms with Crippen LogP contribution in [-0.4, -0.2) is 57.5 Å². The number of aryl methyl sites for hydroxylation is 1. The molecule has 0 aromatic heterocycles. The smallest absolute Gasteiger partial charge is 0.264 e. The third kappa shape index (κ3) is 13.1. The summed E-state index contributed by atoms with van der Waals surface area (Å²) in [6.45, 7) is 2.09. The Morgan fingerprint density at radius 3 is 1.86 bits per heavy atom. The van der Waals surface area contributed by atoms with Gasteiger partial charge in [0.1, 0.15) is 5.75 Å². The third-order valence-corrected chi connectivity index (χ3v) is 6.11. The van der Waals surface area contributed by atoms with E-state index in [4.69, 9.17) is 9.29 Å². The normalized spacial score (nSPS) is 12.3. The Bertz CT molecular complexity index is 626. The highest BCUT2D eigenvalue weighted by Crippen LogP contribution is 2.15. The molecule has 0 aliphatic carbocycles. The molecule has 0 amide bonds. The van der Waals surface area contributed by atoms with Gasteiger partial charge in [-0.2, -0.15) is 8.42 Å². The second-order valence-corrected chi connectivity index (χ2v) is 10.0.